The van der Waals surface area contributed by atoms with Crippen LogP contribution in [-0.4, -0.2) is 21.3 Å². The van der Waals surface area contributed by atoms with Crippen LogP contribution in [0.3, 0.4) is 0 Å². The summed E-state index contributed by atoms with van der Waals surface area (Å²) in [6.45, 7) is 4.72. The lowest BCUT2D eigenvalue weighted by Gasteiger charge is -2.05. The van der Waals surface area contributed by atoms with Crippen LogP contribution in [0.1, 0.15) is 11.1 Å². The molecule has 0 spiro atoms. The van der Waals surface area contributed by atoms with Crippen LogP contribution in [0.5, 0.6) is 0 Å². The molecule has 2 aromatic rings. The van der Waals surface area contributed by atoms with Crippen molar-refractivity contribution in [2.45, 2.75) is 20.0 Å². The zero-order valence-corrected chi connectivity index (χ0v) is 9.43. The largest absolute Gasteiger partial charge is 0.311 e. The molecular formula is C12H16N4. The highest BCUT2D eigenvalue weighted by Gasteiger charge is 1.94. The fourth-order valence-corrected chi connectivity index (χ4v) is 1.57. The number of aromatic nitrogens is 3. The molecule has 0 bridgehead atoms. The first-order valence-electron chi connectivity index (χ1n) is 5.43. The third-order valence-corrected chi connectivity index (χ3v) is 2.34. The van der Waals surface area contributed by atoms with E-state index in [4.69, 9.17) is 0 Å². The highest BCUT2D eigenvalue weighted by molar-refractivity contribution is 5.16. The fourth-order valence-electron chi connectivity index (χ4n) is 1.57. The Balaban J connectivity index is 1.72. The lowest BCUT2D eigenvalue weighted by atomic mass is 10.2. The molecule has 16 heavy (non-hydrogen) atoms. The van der Waals surface area contributed by atoms with Crippen molar-refractivity contribution >= 4 is 0 Å². The van der Waals surface area contributed by atoms with Gasteiger partial charge in [0.2, 0.25) is 0 Å². The van der Waals surface area contributed by atoms with Crippen molar-refractivity contribution in [3.8, 4) is 0 Å². The van der Waals surface area contributed by atoms with Crippen molar-refractivity contribution in [2.24, 2.45) is 0 Å². The van der Waals surface area contributed by atoms with Gasteiger partial charge in [-0.15, -0.1) is 0 Å². The Morgan fingerprint density at radius 2 is 2.31 bits per heavy atom. The van der Waals surface area contributed by atoms with Gasteiger partial charge in [0.1, 0.15) is 0 Å². The van der Waals surface area contributed by atoms with E-state index in [1.165, 1.54) is 11.1 Å². The van der Waals surface area contributed by atoms with Crippen molar-refractivity contribution < 1.29 is 0 Å². The Hall–Kier alpha value is -1.68. The van der Waals surface area contributed by atoms with Gasteiger partial charge in [-0.1, -0.05) is 6.07 Å². The maximum atomic E-state index is 4.16. The van der Waals surface area contributed by atoms with Crippen molar-refractivity contribution in [3.63, 3.8) is 0 Å². The van der Waals surface area contributed by atoms with Crippen LogP contribution >= 0.6 is 0 Å². The molecule has 4 nitrogen and oxygen atoms in total. The van der Waals surface area contributed by atoms with Gasteiger partial charge in [0.05, 0.1) is 6.54 Å². The van der Waals surface area contributed by atoms with E-state index in [1.807, 2.05) is 29.3 Å². The van der Waals surface area contributed by atoms with Crippen molar-refractivity contribution in [2.75, 3.05) is 6.54 Å². The Bertz CT molecular complexity index is 422. The van der Waals surface area contributed by atoms with Gasteiger partial charge < -0.3 is 5.32 Å². The van der Waals surface area contributed by atoms with Crippen LogP contribution in [0.4, 0.5) is 0 Å². The van der Waals surface area contributed by atoms with E-state index in [0.29, 0.717) is 0 Å². The van der Waals surface area contributed by atoms with Gasteiger partial charge in [-0.25, -0.2) is 0 Å². The van der Waals surface area contributed by atoms with Crippen molar-refractivity contribution in [3.05, 3.63) is 48.0 Å². The summed E-state index contributed by atoms with van der Waals surface area (Å²) < 4.78 is 1.92. The highest BCUT2D eigenvalue weighted by Crippen LogP contribution is 2.00. The highest BCUT2D eigenvalue weighted by atomic mass is 15.3. The molecule has 0 radical (unpaired) electrons. The minimum absolute atomic E-state index is 0.857. The quantitative estimate of drug-likeness (QED) is 0.768. The zero-order chi connectivity index (χ0) is 11.2. The molecule has 0 aliphatic heterocycles. The Labute approximate surface area is 95.3 Å². The number of hydrogen-bond donors (Lipinski definition) is 1. The second-order valence-electron chi connectivity index (χ2n) is 3.82. The summed E-state index contributed by atoms with van der Waals surface area (Å²) >= 11 is 0. The average Bonchev–Trinajstić information content (AvgIpc) is 2.77. The van der Waals surface area contributed by atoms with Gasteiger partial charge in [-0.2, -0.15) is 5.10 Å². The van der Waals surface area contributed by atoms with Crippen LogP contribution in [0.25, 0.3) is 0 Å². The van der Waals surface area contributed by atoms with Gasteiger partial charge in [-0.05, 0) is 24.1 Å². The first kappa shape index (κ1) is 10.8. The number of pyridine rings is 1. The van der Waals surface area contributed by atoms with Crippen molar-refractivity contribution in [1.29, 1.82) is 0 Å². The molecule has 0 saturated carbocycles. The third-order valence-electron chi connectivity index (χ3n) is 2.34. The minimum atomic E-state index is 0.857. The Morgan fingerprint density at radius 1 is 1.38 bits per heavy atom. The number of hydrogen-bond acceptors (Lipinski definition) is 3. The lowest BCUT2D eigenvalue weighted by Crippen LogP contribution is -2.19. The molecule has 4 heteroatoms. The van der Waals surface area contributed by atoms with Crippen LogP contribution in [0.2, 0.25) is 0 Å². The summed E-state index contributed by atoms with van der Waals surface area (Å²) in [4.78, 5) is 4.16. The molecule has 0 amide bonds. The molecule has 2 heterocycles. The summed E-state index contributed by atoms with van der Waals surface area (Å²) in [7, 11) is 0. The molecule has 1 N–H and O–H groups in total. The standard InChI is InChI=1S/C12H16N4/c1-11-7-12(10-14-8-11)9-13-4-6-16-5-2-3-15-16/h2-3,5,7-8,10,13H,4,6,9H2,1H3. The average molecular weight is 216 g/mol. The molecule has 0 aromatic carbocycles. The predicted molar refractivity (Wildman–Crippen MR) is 62.9 cm³/mol. The molecule has 84 valence electrons. The first-order chi connectivity index (χ1) is 7.84. The molecule has 2 rings (SSSR count). The van der Waals surface area contributed by atoms with Crippen LogP contribution in [0, 0.1) is 6.92 Å². The molecule has 0 fully saturated rings. The van der Waals surface area contributed by atoms with E-state index >= 15 is 0 Å². The number of nitrogens with one attached hydrogen (secondary N) is 1. The van der Waals surface area contributed by atoms with Gasteiger partial charge >= 0.3 is 0 Å². The van der Waals surface area contributed by atoms with E-state index in [1.54, 1.807) is 6.20 Å². The summed E-state index contributed by atoms with van der Waals surface area (Å²) in [6, 6.07) is 4.08. The number of rotatable bonds is 5. The smallest absolute Gasteiger partial charge is 0.0534 e. The molecule has 0 saturated heterocycles. The number of aryl methyl sites for hydroxylation is 1. The van der Waals surface area contributed by atoms with E-state index < -0.39 is 0 Å². The third kappa shape index (κ3) is 3.17. The van der Waals surface area contributed by atoms with E-state index in [9.17, 15) is 0 Å². The first-order valence-corrected chi connectivity index (χ1v) is 5.43. The van der Waals surface area contributed by atoms with Crippen LogP contribution < -0.4 is 5.32 Å². The maximum absolute atomic E-state index is 4.16. The summed E-state index contributed by atoms with van der Waals surface area (Å²) in [6.07, 6.45) is 7.53. The SMILES string of the molecule is Cc1cncc(CNCCn2cccn2)c1. The molecule has 0 aliphatic carbocycles. The van der Waals surface area contributed by atoms with Crippen molar-refractivity contribution in [1.82, 2.24) is 20.1 Å². The normalized spacial score (nSPS) is 10.6. The molecule has 0 unspecified atom stereocenters. The second kappa shape index (κ2) is 5.42. The van der Waals surface area contributed by atoms with Gasteiger partial charge in [-0.3, -0.25) is 9.67 Å². The molecule has 2 aromatic heterocycles. The summed E-state index contributed by atoms with van der Waals surface area (Å²) in [5.74, 6) is 0. The second-order valence-corrected chi connectivity index (χ2v) is 3.82. The van der Waals surface area contributed by atoms with E-state index in [0.717, 1.165) is 19.6 Å². The van der Waals surface area contributed by atoms with Crippen LogP contribution in [0.15, 0.2) is 36.9 Å². The van der Waals surface area contributed by atoms with Gasteiger partial charge in [0.25, 0.3) is 0 Å². The predicted octanol–water partition coefficient (Wildman–Crippen LogP) is 1.38. The number of nitrogens with zero attached hydrogens (tertiary/aromatic N) is 3. The van der Waals surface area contributed by atoms with E-state index in [2.05, 4.69) is 28.4 Å². The minimum Gasteiger partial charge on any atom is -0.311 e. The van der Waals surface area contributed by atoms with Gasteiger partial charge in [0, 0.05) is 37.9 Å². The summed E-state index contributed by atoms with van der Waals surface area (Å²) in [5, 5.41) is 7.51. The molecule has 0 aliphatic rings. The molecule has 0 atom stereocenters. The summed E-state index contributed by atoms with van der Waals surface area (Å²) in [5.41, 5.74) is 2.42. The Kier molecular flexibility index (Phi) is 3.66. The molecular weight excluding hydrogens is 200 g/mol. The monoisotopic (exact) mass is 216 g/mol. The lowest BCUT2D eigenvalue weighted by molar-refractivity contribution is 0.554. The maximum Gasteiger partial charge on any atom is 0.0534 e. The fraction of sp³-hybridized carbons (Fsp3) is 0.333. The van der Waals surface area contributed by atoms with Crippen LogP contribution in [-0.2, 0) is 13.1 Å². The van der Waals surface area contributed by atoms with E-state index in [-0.39, 0.29) is 0 Å². The topological polar surface area (TPSA) is 42.7 Å². The zero-order valence-electron chi connectivity index (χ0n) is 9.43. The Morgan fingerprint density at radius 3 is 3.06 bits per heavy atom. The van der Waals surface area contributed by atoms with Gasteiger partial charge in [0.15, 0.2) is 0 Å².